The van der Waals surface area contributed by atoms with Crippen LogP contribution in [-0.4, -0.2) is 34.7 Å². The summed E-state index contributed by atoms with van der Waals surface area (Å²) in [6.45, 7) is 4.26. The second kappa shape index (κ2) is 5.61. The van der Waals surface area contributed by atoms with Crippen molar-refractivity contribution in [2.24, 2.45) is 0 Å². The van der Waals surface area contributed by atoms with Gasteiger partial charge in [-0.25, -0.2) is 4.52 Å². The highest BCUT2D eigenvalue weighted by Gasteiger charge is 2.24. The summed E-state index contributed by atoms with van der Waals surface area (Å²) in [5.74, 6) is 0. The third kappa shape index (κ3) is 2.58. The van der Waals surface area contributed by atoms with E-state index in [1.165, 1.54) is 4.52 Å². The minimum Gasteiger partial charge on any atom is -1.00 e. The van der Waals surface area contributed by atoms with Crippen molar-refractivity contribution in [3.05, 3.63) is 43.2 Å². The molecule has 0 saturated carbocycles. The van der Waals surface area contributed by atoms with Crippen LogP contribution in [0.3, 0.4) is 0 Å². The third-order valence-corrected chi connectivity index (χ3v) is 3.89. The molecule has 2 aromatic rings. The van der Waals surface area contributed by atoms with E-state index in [-0.39, 0.29) is 28.1 Å². The Morgan fingerprint density at radius 3 is 1.80 bits per heavy atom. The molecule has 0 atom stereocenters. The maximum Gasteiger partial charge on any atom is 0.277 e. The summed E-state index contributed by atoms with van der Waals surface area (Å²) in [6.07, 6.45) is 0. The Hall–Kier alpha value is -0.660. The van der Waals surface area contributed by atoms with E-state index in [9.17, 15) is 9.59 Å². The standard InChI is InChI=1S/C13H19BrN3O2.BrH/c1-8-10(6-14)15-11(7-17(3,4)5)9(2)13(19)16(15)12(8)18;/h6-7H2,1-5H3;1H/q+1;/p-1. The van der Waals surface area contributed by atoms with Crippen LogP contribution in [0.2, 0.25) is 0 Å². The van der Waals surface area contributed by atoms with Crippen molar-refractivity contribution >= 4 is 15.9 Å². The van der Waals surface area contributed by atoms with Crippen LogP contribution in [0, 0.1) is 13.8 Å². The second-order valence-electron chi connectivity index (χ2n) is 5.96. The molecule has 0 aliphatic carbocycles. The van der Waals surface area contributed by atoms with Gasteiger partial charge in [0.05, 0.1) is 26.8 Å². The molecule has 0 aliphatic rings. The zero-order valence-corrected chi connectivity index (χ0v) is 15.5. The van der Waals surface area contributed by atoms with Gasteiger partial charge in [-0.2, -0.15) is 4.52 Å². The normalized spacial score (nSPS) is 11.9. The van der Waals surface area contributed by atoms with E-state index in [1.54, 1.807) is 18.4 Å². The number of alkyl halides is 1. The minimum atomic E-state index is -0.213. The van der Waals surface area contributed by atoms with E-state index in [2.05, 4.69) is 37.1 Å². The molecule has 2 heterocycles. The Morgan fingerprint density at radius 1 is 0.950 bits per heavy atom. The number of hydrogen-bond acceptors (Lipinski definition) is 2. The van der Waals surface area contributed by atoms with Gasteiger partial charge >= 0.3 is 0 Å². The second-order valence-corrected chi connectivity index (χ2v) is 6.52. The highest BCUT2D eigenvalue weighted by atomic mass is 79.9. The first-order chi connectivity index (χ1) is 8.69. The number of quaternary nitrogens is 1. The molecule has 0 saturated heterocycles. The Balaban J connectivity index is 0.00000200. The average molecular weight is 409 g/mol. The molecule has 20 heavy (non-hydrogen) atoms. The lowest BCUT2D eigenvalue weighted by Crippen LogP contribution is -3.00. The van der Waals surface area contributed by atoms with Crippen LogP contribution in [0.5, 0.6) is 0 Å². The summed E-state index contributed by atoms with van der Waals surface area (Å²) in [5.41, 5.74) is 2.65. The van der Waals surface area contributed by atoms with Gasteiger partial charge < -0.3 is 21.5 Å². The fourth-order valence-corrected chi connectivity index (χ4v) is 3.01. The van der Waals surface area contributed by atoms with Gasteiger partial charge in [0.25, 0.3) is 11.1 Å². The molecular formula is C13H19Br2N3O2. The largest absolute Gasteiger partial charge is 1.00 e. The molecule has 0 fully saturated rings. The molecular weight excluding hydrogens is 390 g/mol. The SMILES string of the molecule is Cc1c(CBr)n2c(C[N+](C)(C)C)c(C)c(=O)n2c1=O.[Br-]. The summed E-state index contributed by atoms with van der Waals surface area (Å²) >= 11 is 3.41. The van der Waals surface area contributed by atoms with Crippen LogP contribution in [0.25, 0.3) is 0 Å². The summed E-state index contributed by atoms with van der Waals surface area (Å²) in [7, 11) is 6.20. The minimum absolute atomic E-state index is 0. The van der Waals surface area contributed by atoms with E-state index in [4.69, 9.17) is 0 Å². The van der Waals surface area contributed by atoms with Crippen LogP contribution in [0.4, 0.5) is 0 Å². The van der Waals surface area contributed by atoms with E-state index in [0.29, 0.717) is 27.5 Å². The van der Waals surface area contributed by atoms with Crippen LogP contribution >= 0.6 is 15.9 Å². The first-order valence-corrected chi connectivity index (χ1v) is 7.26. The van der Waals surface area contributed by atoms with Gasteiger partial charge in [0.1, 0.15) is 12.2 Å². The van der Waals surface area contributed by atoms with E-state index >= 15 is 0 Å². The number of aromatic nitrogens is 2. The van der Waals surface area contributed by atoms with Crippen molar-refractivity contribution in [1.29, 1.82) is 0 Å². The van der Waals surface area contributed by atoms with Gasteiger partial charge in [0.15, 0.2) is 0 Å². The lowest BCUT2D eigenvalue weighted by Gasteiger charge is -2.24. The molecule has 2 aromatic heterocycles. The van der Waals surface area contributed by atoms with E-state index < -0.39 is 0 Å². The Morgan fingerprint density at radius 2 is 1.40 bits per heavy atom. The van der Waals surface area contributed by atoms with Crippen molar-refractivity contribution in [2.45, 2.75) is 25.7 Å². The predicted molar refractivity (Wildman–Crippen MR) is 78.4 cm³/mol. The number of halogens is 2. The maximum absolute atomic E-state index is 12.3. The molecule has 0 unspecified atom stereocenters. The predicted octanol–water partition coefficient (Wildman–Crippen LogP) is -2.08. The van der Waals surface area contributed by atoms with E-state index in [1.807, 2.05) is 0 Å². The van der Waals surface area contributed by atoms with Crippen LogP contribution in [-0.2, 0) is 11.9 Å². The summed E-state index contributed by atoms with van der Waals surface area (Å²) < 4.78 is 3.74. The first-order valence-electron chi connectivity index (χ1n) is 6.13. The number of fused-ring (bicyclic) bond motifs is 1. The maximum atomic E-state index is 12.3. The molecule has 0 aromatic carbocycles. The fraction of sp³-hybridized carbons (Fsp3) is 0.538. The van der Waals surface area contributed by atoms with Crippen LogP contribution < -0.4 is 28.1 Å². The molecule has 112 valence electrons. The van der Waals surface area contributed by atoms with Crippen molar-refractivity contribution < 1.29 is 21.5 Å². The fourth-order valence-electron chi connectivity index (χ4n) is 2.35. The first kappa shape index (κ1) is 17.4. The van der Waals surface area contributed by atoms with Crippen molar-refractivity contribution in [2.75, 3.05) is 21.1 Å². The van der Waals surface area contributed by atoms with Crippen molar-refractivity contribution in [3.63, 3.8) is 0 Å². The zero-order chi connectivity index (χ0) is 14.5. The molecule has 0 radical (unpaired) electrons. The lowest BCUT2D eigenvalue weighted by molar-refractivity contribution is -0.884. The van der Waals surface area contributed by atoms with Gasteiger partial charge in [-0.3, -0.25) is 9.59 Å². The van der Waals surface area contributed by atoms with Gasteiger partial charge in [0.2, 0.25) is 0 Å². The van der Waals surface area contributed by atoms with Crippen LogP contribution in [0.1, 0.15) is 22.5 Å². The topological polar surface area (TPSA) is 43.0 Å². The number of hydrogen-bond donors (Lipinski definition) is 0. The van der Waals surface area contributed by atoms with Crippen LogP contribution in [0.15, 0.2) is 9.59 Å². The molecule has 0 aliphatic heterocycles. The van der Waals surface area contributed by atoms with E-state index in [0.717, 1.165) is 11.4 Å². The molecule has 0 amide bonds. The monoisotopic (exact) mass is 407 g/mol. The molecule has 0 spiro atoms. The van der Waals surface area contributed by atoms with Gasteiger partial charge in [-0.15, -0.1) is 0 Å². The van der Waals surface area contributed by atoms with Gasteiger partial charge in [-0.1, -0.05) is 15.9 Å². The van der Waals surface area contributed by atoms with Crippen molar-refractivity contribution in [3.8, 4) is 0 Å². The Bertz CT molecular complexity index is 741. The lowest BCUT2D eigenvalue weighted by atomic mass is 10.2. The van der Waals surface area contributed by atoms with Gasteiger partial charge in [-0.05, 0) is 13.8 Å². The summed E-state index contributed by atoms with van der Waals surface area (Å²) in [6, 6.07) is 0. The third-order valence-electron chi connectivity index (χ3n) is 3.35. The van der Waals surface area contributed by atoms with Gasteiger partial charge in [0, 0.05) is 16.5 Å². The molecule has 0 N–H and O–H groups in total. The Labute approximate surface area is 136 Å². The summed E-state index contributed by atoms with van der Waals surface area (Å²) in [5, 5.41) is 0.558. The summed E-state index contributed by atoms with van der Waals surface area (Å²) in [4.78, 5) is 24.4. The number of nitrogens with zero attached hydrogens (tertiary/aromatic N) is 3. The molecule has 7 heteroatoms. The Kier molecular flexibility index (Phi) is 4.88. The smallest absolute Gasteiger partial charge is 0.277 e. The molecule has 5 nitrogen and oxygen atoms in total. The van der Waals surface area contributed by atoms with Crippen molar-refractivity contribution in [1.82, 2.24) is 9.03 Å². The molecule has 2 rings (SSSR count). The number of rotatable bonds is 3. The quantitative estimate of drug-likeness (QED) is 0.432. The average Bonchev–Trinajstić information content (AvgIpc) is 2.67. The molecule has 0 bridgehead atoms. The highest BCUT2D eigenvalue weighted by molar-refractivity contribution is 9.08. The zero-order valence-electron chi connectivity index (χ0n) is 12.3. The highest BCUT2D eigenvalue weighted by Crippen LogP contribution is 2.16.